The van der Waals surface area contributed by atoms with Crippen LogP contribution in [0.4, 0.5) is 14.6 Å². The molecule has 4 aliphatic carbocycles. The molecule has 174 valence electrons. The second-order valence-corrected chi connectivity index (χ2v) is 9.58. The molecule has 4 aliphatic rings. The molecule has 7 rings (SSSR count). The number of nitriles is 1. The van der Waals surface area contributed by atoms with Gasteiger partial charge in [-0.1, -0.05) is 0 Å². The number of carbonyl (C=O) groups is 1. The molecule has 4 saturated carbocycles. The lowest BCUT2D eigenvalue weighted by atomic mass is 9.61. The molecule has 0 saturated heterocycles. The van der Waals surface area contributed by atoms with Crippen LogP contribution in [-0.4, -0.2) is 42.3 Å². The summed E-state index contributed by atoms with van der Waals surface area (Å²) in [5, 5.41) is 29.9. The average molecular weight is 465 g/mol. The summed E-state index contributed by atoms with van der Waals surface area (Å²) < 4.78 is 29.6. The Hall–Kier alpha value is -3.68. The Kier molecular flexibility index (Phi) is 4.56. The predicted octanol–water partition coefficient (Wildman–Crippen LogP) is 3.55. The van der Waals surface area contributed by atoms with Crippen molar-refractivity contribution < 1.29 is 18.7 Å². The number of carboxylic acid groups (broad SMARTS) is 1. The molecule has 4 fully saturated rings. The molecule has 3 N–H and O–H groups in total. The molecule has 0 unspecified atom stereocenters. The van der Waals surface area contributed by atoms with E-state index >= 15 is 4.39 Å². The van der Waals surface area contributed by atoms with E-state index in [-0.39, 0.29) is 34.9 Å². The topological polar surface area (TPSA) is 140 Å². The molecule has 2 atom stereocenters. The van der Waals surface area contributed by atoms with Crippen molar-refractivity contribution in [3.05, 3.63) is 29.6 Å². The first-order valence-electron chi connectivity index (χ1n) is 11.4. The van der Waals surface area contributed by atoms with Gasteiger partial charge in [0.15, 0.2) is 23.1 Å². The quantitative estimate of drug-likeness (QED) is 0.520. The highest BCUT2D eigenvalue weighted by Crippen LogP contribution is 2.50. The first kappa shape index (κ1) is 20.9. The third-order valence-corrected chi connectivity index (χ3v) is 7.67. The van der Waals surface area contributed by atoms with Crippen LogP contribution in [0.1, 0.15) is 44.2 Å². The van der Waals surface area contributed by atoms with E-state index in [2.05, 4.69) is 36.5 Å². The molecule has 0 aliphatic heterocycles. The molecule has 3 aromatic heterocycles. The fourth-order valence-corrected chi connectivity index (χ4v) is 5.71. The average Bonchev–Trinajstić information content (AvgIpc) is 3.53. The molecular weight excluding hydrogens is 444 g/mol. The number of nitrogens with zero attached hydrogens (tertiary/aromatic N) is 5. The van der Waals surface area contributed by atoms with E-state index in [1.54, 1.807) is 0 Å². The zero-order valence-electron chi connectivity index (χ0n) is 18.1. The lowest BCUT2D eigenvalue weighted by molar-refractivity contribution is -0.148. The van der Waals surface area contributed by atoms with Crippen LogP contribution in [0.5, 0.6) is 0 Å². The van der Waals surface area contributed by atoms with E-state index in [1.165, 1.54) is 6.07 Å². The summed E-state index contributed by atoms with van der Waals surface area (Å²) >= 11 is 0. The molecule has 0 amide bonds. The van der Waals surface area contributed by atoms with E-state index in [9.17, 15) is 19.6 Å². The first-order chi connectivity index (χ1) is 16.4. The number of fused-ring (bicyclic) bond motifs is 4. The van der Waals surface area contributed by atoms with E-state index in [0.29, 0.717) is 23.9 Å². The Labute approximate surface area is 192 Å². The van der Waals surface area contributed by atoms with Crippen molar-refractivity contribution in [2.24, 2.45) is 17.8 Å². The van der Waals surface area contributed by atoms with Crippen molar-refractivity contribution in [1.29, 1.82) is 5.26 Å². The number of hydrogen-bond acceptors (Lipinski definition) is 7. The molecule has 0 spiro atoms. The van der Waals surface area contributed by atoms with E-state index in [4.69, 9.17) is 0 Å². The van der Waals surface area contributed by atoms with Crippen LogP contribution in [0.15, 0.2) is 12.3 Å². The van der Waals surface area contributed by atoms with E-state index < -0.39 is 35.0 Å². The van der Waals surface area contributed by atoms with Gasteiger partial charge in [0.25, 0.3) is 0 Å². The van der Waals surface area contributed by atoms with Gasteiger partial charge in [-0.05, 0) is 56.4 Å². The van der Waals surface area contributed by atoms with Crippen LogP contribution in [0.3, 0.4) is 0 Å². The van der Waals surface area contributed by atoms with Gasteiger partial charge in [0.2, 0.25) is 0 Å². The minimum Gasteiger partial charge on any atom is -0.481 e. The van der Waals surface area contributed by atoms with E-state index in [1.807, 2.05) is 0 Å². The van der Waals surface area contributed by atoms with E-state index in [0.717, 1.165) is 31.9 Å². The highest BCUT2D eigenvalue weighted by molar-refractivity contribution is 5.88. The number of anilines is 1. The molecule has 2 bridgehead atoms. The van der Waals surface area contributed by atoms with Crippen molar-refractivity contribution in [1.82, 2.24) is 25.1 Å². The third kappa shape index (κ3) is 3.12. The van der Waals surface area contributed by atoms with Crippen molar-refractivity contribution in [2.45, 2.75) is 50.0 Å². The number of nitrogens with one attached hydrogen (secondary N) is 2. The van der Waals surface area contributed by atoms with Gasteiger partial charge in [-0.2, -0.15) is 10.4 Å². The number of halogens is 2. The highest BCUT2D eigenvalue weighted by Gasteiger charge is 2.51. The maximum absolute atomic E-state index is 15.7. The van der Waals surface area contributed by atoms with Gasteiger partial charge in [0, 0.05) is 6.04 Å². The van der Waals surface area contributed by atoms with Crippen molar-refractivity contribution in [3.8, 4) is 17.6 Å². The summed E-state index contributed by atoms with van der Waals surface area (Å²) in [5.41, 5.74) is -0.612. The third-order valence-electron chi connectivity index (χ3n) is 7.67. The minimum atomic E-state index is -1.06. The Morgan fingerprint density at radius 3 is 2.62 bits per heavy atom. The summed E-state index contributed by atoms with van der Waals surface area (Å²) in [5.74, 6) is -2.89. The number of aliphatic carboxylic acids is 1. The standard InChI is InChI=1S/C23H21F2N7O2/c24-12-7-13-17(31-32-19(13)27-8-12)21-29-18(23(9-26)5-6-23)15(25)20(30-21)28-16-11-3-1-10(2-4-11)14(16)22(33)34/h7-8,10-11,14,16H,1-6H2,(H,33,34)(H,27,31,32)(H,28,29,30)/t10?,11?,14-,16-/m0/s1. The highest BCUT2D eigenvalue weighted by atomic mass is 19.1. The van der Waals surface area contributed by atoms with Crippen LogP contribution >= 0.6 is 0 Å². The summed E-state index contributed by atoms with van der Waals surface area (Å²) in [6.07, 6.45) is 5.40. The van der Waals surface area contributed by atoms with Crippen LogP contribution < -0.4 is 5.32 Å². The molecule has 0 aromatic carbocycles. The summed E-state index contributed by atoms with van der Waals surface area (Å²) in [4.78, 5) is 24.8. The monoisotopic (exact) mass is 465 g/mol. The smallest absolute Gasteiger partial charge is 0.308 e. The summed E-state index contributed by atoms with van der Waals surface area (Å²) in [6, 6.07) is 2.91. The van der Waals surface area contributed by atoms with Crippen LogP contribution in [0, 0.1) is 40.7 Å². The minimum absolute atomic E-state index is 0.0203. The Morgan fingerprint density at radius 2 is 1.94 bits per heavy atom. The van der Waals surface area contributed by atoms with Crippen molar-refractivity contribution in [3.63, 3.8) is 0 Å². The van der Waals surface area contributed by atoms with Gasteiger partial charge in [-0.15, -0.1) is 0 Å². The normalized spacial score (nSPS) is 26.9. The Morgan fingerprint density at radius 1 is 1.21 bits per heavy atom. The van der Waals surface area contributed by atoms with Gasteiger partial charge in [0.1, 0.15) is 22.6 Å². The molecular formula is C23H21F2N7O2. The fraction of sp³-hybridized carbons (Fsp3) is 0.478. The molecule has 9 nitrogen and oxygen atoms in total. The van der Waals surface area contributed by atoms with Crippen LogP contribution in [-0.2, 0) is 10.2 Å². The number of aromatic nitrogens is 5. The molecule has 3 heterocycles. The van der Waals surface area contributed by atoms with Gasteiger partial charge in [-0.3, -0.25) is 9.89 Å². The van der Waals surface area contributed by atoms with Crippen LogP contribution in [0.2, 0.25) is 0 Å². The van der Waals surface area contributed by atoms with Gasteiger partial charge in [0.05, 0.1) is 23.6 Å². The SMILES string of the molecule is N#CC1(c2nc(-c3n[nH]c4ncc(F)cc34)nc(N[C@H]3C4CCC(CC4)[C@@H]3C(=O)O)c2F)CC1. The van der Waals surface area contributed by atoms with Gasteiger partial charge >= 0.3 is 5.97 Å². The zero-order chi connectivity index (χ0) is 23.6. The second-order valence-electron chi connectivity index (χ2n) is 9.58. The zero-order valence-corrected chi connectivity index (χ0v) is 18.1. The lowest BCUT2D eigenvalue weighted by Crippen LogP contribution is -2.51. The first-order valence-corrected chi connectivity index (χ1v) is 11.4. The lowest BCUT2D eigenvalue weighted by Gasteiger charge is -2.47. The number of carboxylic acids is 1. The number of hydrogen-bond donors (Lipinski definition) is 3. The predicted molar refractivity (Wildman–Crippen MR) is 115 cm³/mol. The number of rotatable bonds is 5. The molecule has 11 heteroatoms. The summed E-state index contributed by atoms with van der Waals surface area (Å²) in [6.45, 7) is 0. The van der Waals surface area contributed by atoms with Crippen molar-refractivity contribution in [2.75, 3.05) is 5.32 Å². The number of aromatic amines is 1. The fourth-order valence-electron chi connectivity index (χ4n) is 5.71. The molecule has 0 radical (unpaired) electrons. The Balaban J connectivity index is 1.48. The summed E-state index contributed by atoms with van der Waals surface area (Å²) in [7, 11) is 0. The molecule has 34 heavy (non-hydrogen) atoms. The number of H-pyrrole nitrogens is 1. The molecule has 3 aromatic rings. The maximum Gasteiger partial charge on any atom is 0.308 e. The maximum atomic E-state index is 15.7. The van der Waals surface area contributed by atoms with Crippen molar-refractivity contribution >= 4 is 22.8 Å². The van der Waals surface area contributed by atoms with Gasteiger partial charge in [-0.25, -0.2) is 23.7 Å². The second kappa shape index (κ2) is 7.41. The van der Waals surface area contributed by atoms with Gasteiger partial charge < -0.3 is 10.4 Å². The number of pyridine rings is 1. The largest absolute Gasteiger partial charge is 0.481 e. The van der Waals surface area contributed by atoms with Crippen LogP contribution in [0.25, 0.3) is 22.6 Å². The Bertz CT molecular complexity index is 1360.